The Morgan fingerprint density at radius 3 is 2.57 bits per heavy atom. The van der Waals surface area contributed by atoms with Gasteiger partial charge in [-0.15, -0.1) is 0 Å². The third kappa shape index (κ3) is 3.88. The molecular formula is C12H16OS. The molecule has 0 aliphatic rings. The molecule has 0 aliphatic carbocycles. The maximum Gasteiger partial charge on any atom is 0.118 e. The summed E-state index contributed by atoms with van der Waals surface area (Å²) in [6, 6.07) is 8.24. The highest BCUT2D eigenvalue weighted by atomic mass is 32.2. The molecule has 1 aromatic carbocycles. The van der Waals surface area contributed by atoms with E-state index in [4.69, 9.17) is 4.74 Å². The fraction of sp³-hybridized carbons (Fsp3) is 0.333. The van der Waals surface area contributed by atoms with Gasteiger partial charge in [0.25, 0.3) is 0 Å². The van der Waals surface area contributed by atoms with E-state index in [1.165, 1.54) is 5.56 Å². The third-order valence-electron chi connectivity index (χ3n) is 1.88. The molecule has 0 radical (unpaired) electrons. The summed E-state index contributed by atoms with van der Waals surface area (Å²) in [4.78, 5) is 0. The SMILES string of the molecule is C/C=C/CSCc1ccc(OC)cc1. The van der Waals surface area contributed by atoms with Gasteiger partial charge in [0.2, 0.25) is 0 Å². The molecule has 14 heavy (non-hydrogen) atoms. The minimum Gasteiger partial charge on any atom is -0.497 e. The number of benzene rings is 1. The van der Waals surface area contributed by atoms with E-state index in [0.717, 1.165) is 17.3 Å². The lowest BCUT2D eigenvalue weighted by molar-refractivity contribution is 0.414. The molecule has 1 aromatic rings. The first-order valence-corrected chi connectivity index (χ1v) is 5.84. The molecule has 0 spiro atoms. The topological polar surface area (TPSA) is 9.23 Å². The summed E-state index contributed by atoms with van der Waals surface area (Å²) in [6.45, 7) is 2.05. The van der Waals surface area contributed by atoms with Gasteiger partial charge in [-0.25, -0.2) is 0 Å². The highest BCUT2D eigenvalue weighted by molar-refractivity contribution is 7.98. The second kappa shape index (κ2) is 6.55. The van der Waals surface area contributed by atoms with Crippen LogP contribution < -0.4 is 4.74 Å². The average molecular weight is 208 g/mol. The van der Waals surface area contributed by atoms with Crippen LogP contribution in [0.3, 0.4) is 0 Å². The molecule has 1 rings (SSSR count). The van der Waals surface area contributed by atoms with Crippen molar-refractivity contribution in [2.45, 2.75) is 12.7 Å². The van der Waals surface area contributed by atoms with Crippen LogP contribution in [0.5, 0.6) is 5.75 Å². The van der Waals surface area contributed by atoms with Crippen LogP contribution in [-0.2, 0) is 5.75 Å². The van der Waals surface area contributed by atoms with E-state index >= 15 is 0 Å². The minimum absolute atomic E-state index is 0.923. The first-order valence-electron chi connectivity index (χ1n) is 4.68. The molecule has 0 saturated carbocycles. The lowest BCUT2D eigenvalue weighted by Gasteiger charge is -2.02. The van der Waals surface area contributed by atoms with Crippen molar-refractivity contribution in [3.63, 3.8) is 0 Å². The zero-order valence-corrected chi connectivity index (χ0v) is 9.51. The van der Waals surface area contributed by atoms with Gasteiger partial charge in [-0.05, 0) is 24.6 Å². The molecule has 0 aromatic heterocycles. The van der Waals surface area contributed by atoms with E-state index in [-0.39, 0.29) is 0 Å². The quantitative estimate of drug-likeness (QED) is 0.541. The Morgan fingerprint density at radius 2 is 2.00 bits per heavy atom. The molecule has 2 heteroatoms. The second-order valence-corrected chi connectivity index (χ2v) is 3.96. The van der Waals surface area contributed by atoms with Crippen LogP contribution >= 0.6 is 11.8 Å². The van der Waals surface area contributed by atoms with Crippen molar-refractivity contribution >= 4 is 11.8 Å². The first-order chi connectivity index (χ1) is 6.86. The number of ether oxygens (including phenoxy) is 1. The number of rotatable bonds is 5. The van der Waals surface area contributed by atoms with Crippen molar-refractivity contribution < 1.29 is 4.74 Å². The molecule has 0 aliphatic heterocycles. The van der Waals surface area contributed by atoms with Crippen molar-refractivity contribution in [2.24, 2.45) is 0 Å². The van der Waals surface area contributed by atoms with Crippen LogP contribution in [0.2, 0.25) is 0 Å². The van der Waals surface area contributed by atoms with Crippen molar-refractivity contribution in [1.82, 2.24) is 0 Å². The summed E-state index contributed by atoms with van der Waals surface area (Å²) in [7, 11) is 1.69. The molecule has 0 bridgehead atoms. The number of thioether (sulfide) groups is 1. The summed E-state index contributed by atoms with van der Waals surface area (Å²) >= 11 is 1.92. The Balaban J connectivity index is 2.36. The predicted octanol–water partition coefficient (Wildman–Crippen LogP) is 3.50. The van der Waals surface area contributed by atoms with E-state index in [1.807, 2.05) is 30.8 Å². The van der Waals surface area contributed by atoms with Gasteiger partial charge in [0.1, 0.15) is 5.75 Å². The van der Waals surface area contributed by atoms with Gasteiger partial charge in [-0.1, -0.05) is 24.3 Å². The fourth-order valence-corrected chi connectivity index (χ4v) is 1.94. The summed E-state index contributed by atoms with van der Waals surface area (Å²) in [5, 5.41) is 0. The predicted molar refractivity (Wildman–Crippen MR) is 64.0 cm³/mol. The molecule has 0 N–H and O–H groups in total. The summed E-state index contributed by atoms with van der Waals surface area (Å²) in [6.07, 6.45) is 4.26. The Bertz CT molecular complexity index is 277. The van der Waals surface area contributed by atoms with Crippen LogP contribution in [0.25, 0.3) is 0 Å². The Morgan fingerprint density at radius 1 is 1.29 bits per heavy atom. The fourth-order valence-electron chi connectivity index (χ4n) is 1.06. The molecule has 0 saturated heterocycles. The van der Waals surface area contributed by atoms with Gasteiger partial charge in [0, 0.05) is 11.5 Å². The van der Waals surface area contributed by atoms with Gasteiger partial charge in [0.05, 0.1) is 7.11 Å². The average Bonchev–Trinajstić information content (AvgIpc) is 2.25. The zero-order chi connectivity index (χ0) is 10.2. The lowest BCUT2D eigenvalue weighted by Crippen LogP contribution is -1.84. The highest BCUT2D eigenvalue weighted by Gasteiger charge is 1.93. The molecule has 0 heterocycles. The number of hydrogen-bond donors (Lipinski definition) is 0. The summed E-state index contributed by atoms with van der Waals surface area (Å²) in [5.41, 5.74) is 1.35. The van der Waals surface area contributed by atoms with E-state index in [1.54, 1.807) is 7.11 Å². The zero-order valence-electron chi connectivity index (χ0n) is 8.69. The Kier molecular flexibility index (Phi) is 5.23. The van der Waals surface area contributed by atoms with E-state index < -0.39 is 0 Å². The monoisotopic (exact) mass is 208 g/mol. The lowest BCUT2D eigenvalue weighted by atomic mass is 10.2. The van der Waals surface area contributed by atoms with Crippen molar-refractivity contribution in [3.8, 4) is 5.75 Å². The minimum atomic E-state index is 0.923. The Labute approximate surface area is 90.2 Å². The van der Waals surface area contributed by atoms with Gasteiger partial charge < -0.3 is 4.74 Å². The Hall–Kier alpha value is -0.890. The summed E-state index contributed by atoms with van der Waals surface area (Å²) < 4.78 is 5.09. The number of allylic oxidation sites excluding steroid dienone is 1. The standard InChI is InChI=1S/C12H16OS/c1-3-4-9-14-10-11-5-7-12(13-2)8-6-11/h3-8H,9-10H2,1-2H3/b4-3+. The molecule has 0 unspecified atom stereocenters. The molecule has 1 nitrogen and oxygen atoms in total. The van der Waals surface area contributed by atoms with Crippen LogP contribution in [0.1, 0.15) is 12.5 Å². The van der Waals surface area contributed by atoms with Crippen LogP contribution in [0.4, 0.5) is 0 Å². The molecule has 0 atom stereocenters. The molecule has 76 valence electrons. The first kappa shape index (κ1) is 11.2. The highest BCUT2D eigenvalue weighted by Crippen LogP contribution is 2.16. The maximum atomic E-state index is 5.09. The van der Waals surface area contributed by atoms with Crippen LogP contribution in [-0.4, -0.2) is 12.9 Å². The van der Waals surface area contributed by atoms with Gasteiger partial charge in [-0.2, -0.15) is 11.8 Å². The smallest absolute Gasteiger partial charge is 0.118 e. The van der Waals surface area contributed by atoms with Gasteiger partial charge >= 0.3 is 0 Å². The largest absolute Gasteiger partial charge is 0.497 e. The van der Waals surface area contributed by atoms with E-state index in [2.05, 4.69) is 24.3 Å². The second-order valence-electron chi connectivity index (χ2n) is 2.93. The van der Waals surface area contributed by atoms with Crippen LogP contribution in [0, 0.1) is 0 Å². The van der Waals surface area contributed by atoms with E-state index in [0.29, 0.717) is 0 Å². The maximum absolute atomic E-state index is 5.09. The molecule has 0 fully saturated rings. The molecular weight excluding hydrogens is 192 g/mol. The van der Waals surface area contributed by atoms with Crippen molar-refractivity contribution in [1.29, 1.82) is 0 Å². The number of methoxy groups -OCH3 is 1. The molecule has 0 amide bonds. The van der Waals surface area contributed by atoms with Gasteiger partial charge in [0.15, 0.2) is 0 Å². The van der Waals surface area contributed by atoms with Crippen LogP contribution in [0.15, 0.2) is 36.4 Å². The normalized spacial score (nSPS) is 10.7. The van der Waals surface area contributed by atoms with Crippen molar-refractivity contribution in [2.75, 3.05) is 12.9 Å². The van der Waals surface area contributed by atoms with Gasteiger partial charge in [-0.3, -0.25) is 0 Å². The number of hydrogen-bond acceptors (Lipinski definition) is 2. The van der Waals surface area contributed by atoms with E-state index in [9.17, 15) is 0 Å². The summed E-state index contributed by atoms with van der Waals surface area (Å²) in [5.74, 6) is 3.07. The third-order valence-corrected chi connectivity index (χ3v) is 2.84. The van der Waals surface area contributed by atoms with Crippen molar-refractivity contribution in [3.05, 3.63) is 42.0 Å².